The topological polar surface area (TPSA) is 105 Å². The van der Waals surface area contributed by atoms with Gasteiger partial charge in [-0.1, -0.05) is 18.2 Å². The minimum absolute atomic E-state index is 0.00704. The number of fused-ring (bicyclic) bond motifs is 3. The number of para-hydroxylation sites is 1. The molecule has 1 aromatic heterocycles. The minimum atomic E-state index is -0.851. The van der Waals surface area contributed by atoms with Crippen LogP contribution in [0.3, 0.4) is 0 Å². The first-order valence-electron chi connectivity index (χ1n) is 12.2. The second kappa shape index (κ2) is 8.78. The number of benzene rings is 1. The lowest BCUT2D eigenvalue weighted by Crippen LogP contribution is -2.60. The number of carboxylic acids is 1. The van der Waals surface area contributed by atoms with Crippen molar-refractivity contribution in [2.45, 2.75) is 56.3 Å². The highest BCUT2D eigenvalue weighted by molar-refractivity contribution is 5.94. The second-order valence-electron chi connectivity index (χ2n) is 10.3. The lowest BCUT2D eigenvalue weighted by Gasteiger charge is -2.54. The first-order valence-corrected chi connectivity index (χ1v) is 12.2. The van der Waals surface area contributed by atoms with Crippen LogP contribution in [-0.2, 0) is 9.53 Å². The average molecular weight is 481 g/mol. The predicted octanol–water partition coefficient (Wildman–Crippen LogP) is 3.31. The number of hydrogen-bond donors (Lipinski definition) is 1. The van der Waals surface area contributed by atoms with Crippen molar-refractivity contribution in [1.29, 1.82) is 0 Å². The van der Waals surface area contributed by atoms with Gasteiger partial charge in [0.05, 0.1) is 23.8 Å². The number of aliphatic carboxylic acids is 1. The van der Waals surface area contributed by atoms with Crippen molar-refractivity contribution >= 4 is 17.8 Å². The van der Waals surface area contributed by atoms with Gasteiger partial charge in [-0.25, -0.2) is 9.97 Å². The molecule has 0 radical (unpaired) electrons. The fourth-order valence-corrected chi connectivity index (χ4v) is 5.94. The molecule has 0 aliphatic carbocycles. The fraction of sp³-hybridized carbons (Fsp3) is 0.538. The van der Waals surface area contributed by atoms with Gasteiger partial charge in [0, 0.05) is 50.9 Å². The molecule has 9 heteroatoms. The molecular weight excluding hydrogens is 448 g/mol. The monoisotopic (exact) mass is 480 g/mol. The molecule has 9 nitrogen and oxygen atoms in total. The number of likely N-dealkylation sites (tertiary alicyclic amines) is 1. The van der Waals surface area contributed by atoms with E-state index in [-0.39, 0.29) is 24.3 Å². The molecule has 186 valence electrons. The zero-order valence-electron chi connectivity index (χ0n) is 20.4. The second-order valence-corrected chi connectivity index (χ2v) is 10.3. The van der Waals surface area contributed by atoms with Crippen LogP contribution in [0.2, 0.25) is 0 Å². The zero-order chi connectivity index (χ0) is 24.8. The Morgan fingerprint density at radius 2 is 1.97 bits per heavy atom. The number of ether oxygens (including phenoxy) is 2. The van der Waals surface area contributed by atoms with Crippen molar-refractivity contribution in [2.24, 2.45) is 5.92 Å². The molecule has 4 heterocycles. The Kier molecular flexibility index (Phi) is 5.91. The lowest BCUT2D eigenvalue weighted by atomic mass is 9.68. The summed E-state index contributed by atoms with van der Waals surface area (Å²) in [7, 11) is 3.71. The molecule has 3 aliphatic rings. The predicted molar refractivity (Wildman–Crippen MR) is 129 cm³/mol. The van der Waals surface area contributed by atoms with Crippen LogP contribution in [0.1, 0.15) is 61.1 Å². The highest BCUT2D eigenvalue weighted by Crippen LogP contribution is 2.55. The van der Waals surface area contributed by atoms with E-state index in [1.807, 2.05) is 50.2 Å². The third kappa shape index (κ3) is 4.11. The summed E-state index contributed by atoms with van der Waals surface area (Å²) in [6.45, 7) is 3.05. The van der Waals surface area contributed by atoms with E-state index < -0.39 is 17.1 Å². The van der Waals surface area contributed by atoms with Crippen LogP contribution in [0.4, 0.5) is 5.95 Å². The molecule has 1 aromatic carbocycles. The number of nitrogens with zero attached hydrogens (tertiary/aromatic N) is 4. The van der Waals surface area contributed by atoms with Crippen molar-refractivity contribution in [2.75, 3.05) is 32.1 Å². The van der Waals surface area contributed by atoms with Gasteiger partial charge in [0.1, 0.15) is 11.4 Å². The Labute approximate surface area is 205 Å². The van der Waals surface area contributed by atoms with Gasteiger partial charge < -0.3 is 24.4 Å². The van der Waals surface area contributed by atoms with Crippen molar-refractivity contribution in [1.82, 2.24) is 14.9 Å². The van der Waals surface area contributed by atoms with Crippen molar-refractivity contribution < 1.29 is 24.2 Å². The maximum atomic E-state index is 13.6. The Hall–Kier alpha value is -3.20. The number of anilines is 1. The zero-order valence-corrected chi connectivity index (χ0v) is 20.4. The highest BCUT2D eigenvalue weighted by Gasteiger charge is 2.57. The third-order valence-electron chi connectivity index (χ3n) is 7.81. The summed E-state index contributed by atoms with van der Waals surface area (Å²) in [6.07, 6.45) is 5.73. The van der Waals surface area contributed by atoms with Crippen LogP contribution in [-0.4, -0.2) is 70.2 Å². The number of hydrogen-bond acceptors (Lipinski definition) is 7. The molecule has 0 saturated carbocycles. The standard InChI is InChI=1S/C26H32N4O5/c1-25(11-9-21(31)32)19-13-26(16-34-22(19)18-7-4-5-8-20(18)35-25)10-6-12-30(26)23(33)17-14-27-24(28-15-17)29(2)3/h4-5,7-8,14-15,19,22H,6,9-13,16H2,1-3H3,(H,31,32)/t19-,22+,25+,26+/m1/s1. The van der Waals surface area contributed by atoms with Gasteiger partial charge in [-0.2, -0.15) is 0 Å². The third-order valence-corrected chi connectivity index (χ3v) is 7.81. The molecule has 5 rings (SSSR count). The number of carbonyl (C=O) groups excluding carboxylic acids is 1. The van der Waals surface area contributed by atoms with Gasteiger partial charge in [0.2, 0.25) is 5.95 Å². The molecule has 2 aromatic rings. The van der Waals surface area contributed by atoms with E-state index in [1.54, 1.807) is 17.3 Å². The number of aromatic nitrogens is 2. The van der Waals surface area contributed by atoms with E-state index >= 15 is 0 Å². The summed E-state index contributed by atoms with van der Waals surface area (Å²) >= 11 is 0. The van der Waals surface area contributed by atoms with Gasteiger partial charge in [-0.05, 0) is 38.7 Å². The smallest absolute Gasteiger partial charge is 0.303 e. The Bertz CT molecular complexity index is 1120. The van der Waals surface area contributed by atoms with Gasteiger partial charge in [-0.15, -0.1) is 0 Å². The highest BCUT2D eigenvalue weighted by atomic mass is 16.5. The van der Waals surface area contributed by atoms with E-state index in [2.05, 4.69) is 9.97 Å². The fourth-order valence-electron chi connectivity index (χ4n) is 5.94. The maximum absolute atomic E-state index is 13.6. The summed E-state index contributed by atoms with van der Waals surface area (Å²) in [5.41, 5.74) is 0.249. The van der Waals surface area contributed by atoms with E-state index in [4.69, 9.17) is 9.47 Å². The van der Waals surface area contributed by atoms with Crippen molar-refractivity contribution in [3.63, 3.8) is 0 Å². The van der Waals surface area contributed by atoms with Gasteiger partial charge in [-0.3, -0.25) is 9.59 Å². The summed E-state index contributed by atoms with van der Waals surface area (Å²) in [6, 6.07) is 7.82. The summed E-state index contributed by atoms with van der Waals surface area (Å²) in [5.74, 6) is 0.254. The van der Waals surface area contributed by atoms with Crippen molar-refractivity contribution in [3.05, 3.63) is 47.8 Å². The van der Waals surface area contributed by atoms with Crippen LogP contribution in [0.25, 0.3) is 0 Å². The van der Waals surface area contributed by atoms with Gasteiger partial charge >= 0.3 is 5.97 Å². The molecule has 4 atom stereocenters. The van der Waals surface area contributed by atoms with E-state index in [0.29, 0.717) is 37.5 Å². The first-order chi connectivity index (χ1) is 16.7. The molecular formula is C26H32N4O5. The molecule has 3 aliphatic heterocycles. The molecule has 1 N–H and O–H groups in total. The molecule has 2 fully saturated rings. The Morgan fingerprint density at radius 3 is 2.69 bits per heavy atom. The van der Waals surface area contributed by atoms with Gasteiger partial charge in [0.25, 0.3) is 5.91 Å². The largest absolute Gasteiger partial charge is 0.487 e. The van der Waals surface area contributed by atoms with Crippen LogP contribution >= 0.6 is 0 Å². The number of carboxylic acid groups (broad SMARTS) is 1. The van der Waals surface area contributed by atoms with Gasteiger partial charge in [0.15, 0.2) is 0 Å². The van der Waals surface area contributed by atoms with Crippen LogP contribution in [0.15, 0.2) is 36.7 Å². The minimum Gasteiger partial charge on any atom is -0.487 e. The summed E-state index contributed by atoms with van der Waals surface area (Å²) in [4.78, 5) is 37.4. The number of amides is 1. The molecule has 35 heavy (non-hydrogen) atoms. The molecule has 0 bridgehead atoms. The molecule has 0 unspecified atom stereocenters. The number of carbonyl (C=O) groups is 2. The maximum Gasteiger partial charge on any atom is 0.303 e. The normalized spacial score (nSPS) is 29.3. The van der Waals surface area contributed by atoms with Crippen LogP contribution in [0.5, 0.6) is 5.75 Å². The summed E-state index contributed by atoms with van der Waals surface area (Å²) < 4.78 is 13.0. The molecule has 1 spiro atoms. The van der Waals surface area contributed by atoms with E-state index in [0.717, 1.165) is 24.2 Å². The van der Waals surface area contributed by atoms with E-state index in [1.165, 1.54) is 0 Å². The van der Waals surface area contributed by atoms with Crippen molar-refractivity contribution in [3.8, 4) is 5.75 Å². The van der Waals surface area contributed by atoms with Crippen LogP contribution in [0, 0.1) is 5.92 Å². The first kappa shape index (κ1) is 23.5. The number of rotatable bonds is 5. The summed E-state index contributed by atoms with van der Waals surface area (Å²) in [5, 5.41) is 9.39. The SMILES string of the molecule is CN(C)c1ncc(C(=O)N2CCC[C@]23CO[C@H]2c4ccccc4O[C@@](C)(CCC(=O)O)[C@@H]2C3)cn1. The Balaban J connectivity index is 1.45. The lowest BCUT2D eigenvalue weighted by molar-refractivity contribution is -0.169. The molecule has 2 saturated heterocycles. The Morgan fingerprint density at radius 1 is 1.23 bits per heavy atom. The van der Waals surface area contributed by atoms with E-state index in [9.17, 15) is 14.7 Å². The average Bonchev–Trinajstić information content (AvgIpc) is 3.25. The quantitative estimate of drug-likeness (QED) is 0.695. The molecule has 1 amide bonds. The van der Waals surface area contributed by atoms with Crippen LogP contribution < -0.4 is 9.64 Å².